The summed E-state index contributed by atoms with van der Waals surface area (Å²) in [6.45, 7) is 1.62. The Labute approximate surface area is 159 Å². The molecule has 5 heteroatoms. The molecule has 1 saturated heterocycles. The van der Waals surface area contributed by atoms with Crippen molar-refractivity contribution in [3.8, 4) is 0 Å². The lowest BCUT2D eigenvalue weighted by molar-refractivity contribution is -0.116. The average molecular weight is 368 g/mol. The van der Waals surface area contributed by atoms with Gasteiger partial charge in [-0.1, -0.05) is 18.2 Å². The fourth-order valence-corrected chi connectivity index (χ4v) is 3.32. The summed E-state index contributed by atoms with van der Waals surface area (Å²) in [7, 11) is 0. The molecule has 2 aromatic carbocycles. The van der Waals surface area contributed by atoms with Crippen molar-refractivity contribution in [3.05, 3.63) is 65.5 Å². The van der Waals surface area contributed by atoms with Crippen molar-refractivity contribution in [1.82, 2.24) is 4.90 Å². The van der Waals surface area contributed by atoms with E-state index in [4.69, 9.17) is 0 Å². The van der Waals surface area contributed by atoms with Crippen molar-refractivity contribution >= 4 is 17.5 Å². The summed E-state index contributed by atoms with van der Waals surface area (Å²) in [4.78, 5) is 26.4. The van der Waals surface area contributed by atoms with Crippen LogP contribution in [0.3, 0.4) is 0 Å². The minimum atomic E-state index is -0.233. The van der Waals surface area contributed by atoms with Crippen LogP contribution < -0.4 is 5.32 Å². The topological polar surface area (TPSA) is 49.4 Å². The van der Waals surface area contributed by atoms with Crippen LogP contribution in [-0.2, 0) is 11.2 Å². The highest BCUT2D eigenvalue weighted by Crippen LogP contribution is 2.17. The molecule has 2 aromatic rings. The Morgan fingerprint density at radius 1 is 1.00 bits per heavy atom. The molecule has 142 valence electrons. The number of hydrogen-bond donors (Lipinski definition) is 1. The van der Waals surface area contributed by atoms with Gasteiger partial charge in [-0.05, 0) is 68.0 Å². The number of nitrogens with zero attached hydrogens (tertiary/aromatic N) is 1. The summed E-state index contributed by atoms with van der Waals surface area (Å²) in [6, 6.07) is 13.6. The zero-order chi connectivity index (χ0) is 19.1. The fraction of sp³-hybridized carbons (Fsp3) is 0.364. The van der Waals surface area contributed by atoms with Gasteiger partial charge in [0, 0.05) is 30.8 Å². The van der Waals surface area contributed by atoms with E-state index in [1.165, 1.54) is 12.1 Å². The molecule has 0 radical (unpaired) electrons. The monoisotopic (exact) mass is 368 g/mol. The summed E-state index contributed by atoms with van der Waals surface area (Å²) < 4.78 is 12.9. The Bertz CT molecular complexity index is 783. The molecule has 1 fully saturated rings. The SMILES string of the molecule is O=C(CCCCc1ccc(F)cc1)Nc1cccc(C(=O)N2CCCC2)c1. The number of carbonyl (C=O) groups is 2. The van der Waals surface area contributed by atoms with E-state index in [9.17, 15) is 14.0 Å². The van der Waals surface area contributed by atoms with Crippen LogP contribution in [0.5, 0.6) is 0 Å². The molecule has 0 atom stereocenters. The molecule has 0 unspecified atom stereocenters. The van der Waals surface area contributed by atoms with Gasteiger partial charge in [-0.25, -0.2) is 4.39 Å². The number of rotatable bonds is 7. The van der Waals surface area contributed by atoms with Crippen molar-refractivity contribution < 1.29 is 14.0 Å². The van der Waals surface area contributed by atoms with Crippen LogP contribution in [0.4, 0.5) is 10.1 Å². The fourth-order valence-electron chi connectivity index (χ4n) is 3.32. The highest BCUT2D eigenvalue weighted by atomic mass is 19.1. The molecule has 1 aliphatic rings. The van der Waals surface area contributed by atoms with Crippen LogP contribution in [0.15, 0.2) is 48.5 Å². The zero-order valence-corrected chi connectivity index (χ0v) is 15.4. The first-order chi connectivity index (χ1) is 13.1. The van der Waals surface area contributed by atoms with Gasteiger partial charge in [0.15, 0.2) is 0 Å². The second-order valence-corrected chi connectivity index (χ2v) is 6.96. The Morgan fingerprint density at radius 3 is 2.48 bits per heavy atom. The second kappa shape index (κ2) is 9.31. The van der Waals surface area contributed by atoms with Crippen molar-refractivity contribution in [2.45, 2.75) is 38.5 Å². The number of hydrogen-bond acceptors (Lipinski definition) is 2. The first-order valence-corrected chi connectivity index (χ1v) is 9.55. The molecule has 3 rings (SSSR count). The lowest BCUT2D eigenvalue weighted by Crippen LogP contribution is -2.27. The third-order valence-corrected chi connectivity index (χ3v) is 4.82. The molecular formula is C22H25FN2O2. The number of nitrogens with one attached hydrogen (secondary N) is 1. The summed E-state index contributed by atoms with van der Waals surface area (Å²) in [5.74, 6) is -0.258. The van der Waals surface area contributed by atoms with Crippen LogP contribution in [0.1, 0.15) is 48.0 Å². The third kappa shape index (κ3) is 5.64. The predicted molar refractivity (Wildman–Crippen MR) is 104 cm³/mol. The predicted octanol–water partition coefficient (Wildman–Crippen LogP) is 4.41. The van der Waals surface area contributed by atoms with Gasteiger partial charge in [-0.15, -0.1) is 0 Å². The Kier molecular flexibility index (Phi) is 6.58. The molecule has 0 spiro atoms. The highest BCUT2D eigenvalue weighted by molar-refractivity contribution is 5.97. The number of likely N-dealkylation sites (tertiary alicyclic amines) is 1. The van der Waals surface area contributed by atoms with Gasteiger partial charge in [-0.3, -0.25) is 9.59 Å². The second-order valence-electron chi connectivity index (χ2n) is 6.96. The van der Waals surface area contributed by atoms with Crippen molar-refractivity contribution in [3.63, 3.8) is 0 Å². The minimum Gasteiger partial charge on any atom is -0.339 e. The van der Waals surface area contributed by atoms with Crippen LogP contribution in [-0.4, -0.2) is 29.8 Å². The summed E-state index contributed by atoms with van der Waals surface area (Å²) in [5.41, 5.74) is 2.35. The van der Waals surface area contributed by atoms with Crippen molar-refractivity contribution in [2.24, 2.45) is 0 Å². The number of anilines is 1. The van der Waals surface area contributed by atoms with E-state index in [2.05, 4.69) is 5.32 Å². The van der Waals surface area contributed by atoms with E-state index in [-0.39, 0.29) is 17.6 Å². The molecule has 1 N–H and O–H groups in total. The maximum absolute atomic E-state index is 12.9. The zero-order valence-electron chi connectivity index (χ0n) is 15.4. The standard InChI is InChI=1S/C22H25FN2O2/c23-19-12-10-17(11-13-19)6-1-2-9-21(26)24-20-8-5-7-18(16-20)22(27)25-14-3-4-15-25/h5,7-8,10-13,16H,1-4,6,9,14-15H2,(H,24,26). The average Bonchev–Trinajstić information content (AvgIpc) is 3.21. The maximum atomic E-state index is 12.9. The number of benzene rings is 2. The van der Waals surface area contributed by atoms with Crippen molar-refractivity contribution in [1.29, 1.82) is 0 Å². The van der Waals surface area contributed by atoms with Crippen LogP contribution in [0, 0.1) is 5.82 Å². The van der Waals surface area contributed by atoms with Gasteiger partial charge in [0.25, 0.3) is 5.91 Å². The highest BCUT2D eigenvalue weighted by Gasteiger charge is 2.19. The molecular weight excluding hydrogens is 343 g/mol. The molecule has 0 saturated carbocycles. The first-order valence-electron chi connectivity index (χ1n) is 9.55. The van der Waals surface area contributed by atoms with Crippen LogP contribution in [0.2, 0.25) is 0 Å². The van der Waals surface area contributed by atoms with E-state index in [0.29, 0.717) is 17.7 Å². The van der Waals surface area contributed by atoms with Gasteiger partial charge in [0.2, 0.25) is 5.91 Å². The number of carbonyl (C=O) groups excluding carboxylic acids is 2. The Balaban J connectivity index is 1.44. The molecule has 4 nitrogen and oxygen atoms in total. The van der Waals surface area contributed by atoms with Gasteiger partial charge in [0.1, 0.15) is 5.82 Å². The Morgan fingerprint density at radius 2 is 1.74 bits per heavy atom. The summed E-state index contributed by atoms with van der Waals surface area (Å²) in [6.07, 6.45) is 4.99. The lowest BCUT2D eigenvalue weighted by Gasteiger charge is -2.15. The molecule has 1 aliphatic heterocycles. The minimum absolute atomic E-state index is 0.0305. The van der Waals surface area contributed by atoms with E-state index < -0.39 is 0 Å². The van der Waals surface area contributed by atoms with Crippen LogP contribution >= 0.6 is 0 Å². The Hall–Kier alpha value is -2.69. The molecule has 0 aromatic heterocycles. The van der Waals surface area contributed by atoms with Gasteiger partial charge in [-0.2, -0.15) is 0 Å². The van der Waals surface area contributed by atoms with Crippen LogP contribution in [0.25, 0.3) is 0 Å². The maximum Gasteiger partial charge on any atom is 0.253 e. The number of aryl methyl sites for hydroxylation is 1. The number of unbranched alkanes of at least 4 members (excludes halogenated alkanes) is 1. The lowest BCUT2D eigenvalue weighted by atomic mass is 10.1. The first kappa shape index (κ1) is 19.1. The largest absolute Gasteiger partial charge is 0.339 e. The molecule has 1 heterocycles. The van der Waals surface area contributed by atoms with Crippen molar-refractivity contribution in [2.75, 3.05) is 18.4 Å². The van der Waals surface area contributed by atoms with Gasteiger partial charge in [0.05, 0.1) is 0 Å². The summed E-state index contributed by atoms with van der Waals surface area (Å²) >= 11 is 0. The summed E-state index contributed by atoms with van der Waals surface area (Å²) in [5, 5.41) is 2.87. The number of amides is 2. The molecule has 0 aliphatic carbocycles. The van der Waals surface area contributed by atoms with E-state index in [0.717, 1.165) is 50.8 Å². The number of halogens is 1. The van der Waals surface area contributed by atoms with E-state index in [1.54, 1.807) is 36.4 Å². The molecule has 0 bridgehead atoms. The van der Waals surface area contributed by atoms with E-state index >= 15 is 0 Å². The van der Waals surface area contributed by atoms with E-state index in [1.807, 2.05) is 4.90 Å². The van der Waals surface area contributed by atoms with Gasteiger partial charge < -0.3 is 10.2 Å². The normalized spacial score (nSPS) is 13.6. The smallest absolute Gasteiger partial charge is 0.253 e. The quantitative estimate of drug-likeness (QED) is 0.736. The third-order valence-electron chi connectivity index (χ3n) is 4.82. The molecule has 2 amide bonds. The molecule has 27 heavy (non-hydrogen) atoms. The van der Waals surface area contributed by atoms with Gasteiger partial charge >= 0.3 is 0 Å².